The average molecular weight is 414 g/mol. The number of hydrogen-bond donors (Lipinski definition) is 0. The van der Waals surface area contributed by atoms with Crippen molar-refractivity contribution >= 4 is 0 Å². The van der Waals surface area contributed by atoms with Crippen LogP contribution in [0.3, 0.4) is 0 Å². The van der Waals surface area contributed by atoms with Crippen LogP contribution in [0.1, 0.15) is 56.1 Å². The molecule has 2 nitrogen and oxygen atoms in total. The predicted molar refractivity (Wildman–Crippen MR) is 98.8 cm³/mol. The van der Waals surface area contributed by atoms with Gasteiger partial charge in [-0.3, -0.25) is 0 Å². The molecule has 0 unspecified atom stereocenters. The van der Waals surface area contributed by atoms with Crippen LogP contribution < -0.4 is 9.47 Å². The lowest BCUT2D eigenvalue weighted by molar-refractivity contribution is -0.187. The summed E-state index contributed by atoms with van der Waals surface area (Å²) in [6.45, 7) is 2.17. The van der Waals surface area contributed by atoms with Gasteiger partial charge in [0.2, 0.25) is 11.6 Å². The normalized spacial score (nSPS) is 19.8. The van der Waals surface area contributed by atoms with Gasteiger partial charge in [-0.25, -0.2) is 4.39 Å². The molecule has 1 saturated carbocycles. The van der Waals surface area contributed by atoms with E-state index in [1.807, 2.05) is 0 Å². The average Bonchev–Trinajstić information content (AvgIpc) is 2.72. The summed E-state index contributed by atoms with van der Waals surface area (Å²) in [6.07, 6.45) is 1.46. The Hall–Kier alpha value is -2.31. The zero-order chi connectivity index (χ0) is 21.2. The lowest BCUT2D eigenvalue weighted by Crippen LogP contribution is -2.23. The summed E-state index contributed by atoms with van der Waals surface area (Å²) in [7, 11) is 0.937. The Morgan fingerprint density at radius 2 is 1.59 bits per heavy atom. The largest absolute Gasteiger partial charge is 0.491 e. The van der Waals surface area contributed by atoms with Crippen molar-refractivity contribution in [2.75, 3.05) is 7.11 Å². The molecule has 0 spiro atoms. The monoisotopic (exact) mass is 414 g/mol. The molecule has 1 aliphatic rings. The highest BCUT2D eigenvalue weighted by Gasteiger charge is 2.37. The van der Waals surface area contributed by atoms with Gasteiger partial charge in [0, 0.05) is 6.07 Å². The molecule has 7 heteroatoms. The van der Waals surface area contributed by atoms with E-state index in [2.05, 4.69) is 16.4 Å². The van der Waals surface area contributed by atoms with Crippen LogP contribution in [0.4, 0.5) is 22.0 Å². The first-order valence-corrected chi connectivity index (χ1v) is 9.65. The van der Waals surface area contributed by atoms with Gasteiger partial charge >= 0.3 is 6.11 Å². The van der Waals surface area contributed by atoms with Crippen LogP contribution in [-0.2, 0) is 6.11 Å². The van der Waals surface area contributed by atoms with Gasteiger partial charge in [0.15, 0.2) is 17.3 Å². The van der Waals surface area contributed by atoms with E-state index in [0.717, 1.165) is 50.7 Å². The predicted octanol–water partition coefficient (Wildman–Crippen LogP) is 6.92. The van der Waals surface area contributed by atoms with Crippen LogP contribution >= 0.6 is 0 Å². The van der Waals surface area contributed by atoms with Crippen molar-refractivity contribution in [1.82, 2.24) is 0 Å². The molecule has 29 heavy (non-hydrogen) atoms. The number of alkyl halides is 2. The van der Waals surface area contributed by atoms with Crippen LogP contribution in [0.2, 0.25) is 0 Å². The highest BCUT2D eigenvalue weighted by atomic mass is 19.3. The van der Waals surface area contributed by atoms with Crippen LogP contribution in [0.15, 0.2) is 30.3 Å². The molecule has 2 aromatic carbocycles. The molecule has 0 heterocycles. The van der Waals surface area contributed by atoms with Crippen molar-refractivity contribution in [2.45, 2.75) is 51.1 Å². The van der Waals surface area contributed by atoms with Gasteiger partial charge < -0.3 is 9.47 Å². The lowest BCUT2D eigenvalue weighted by Gasteiger charge is -2.28. The second kappa shape index (κ2) is 8.59. The van der Waals surface area contributed by atoms with E-state index in [1.54, 1.807) is 12.1 Å². The van der Waals surface area contributed by atoms with Crippen molar-refractivity contribution in [3.8, 4) is 11.5 Å². The lowest BCUT2D eigenvalue weighted by atomic mass is 9.78. The van der Waals surface area contributed by atoms with Crippen molar-refractivity contribution in [3.05, 3.63) is 58.9 Å². The second-order valence-corrected chi connectivity index (χ2v) is 7.38. The molecule has 1 aliphatic carbocycles. The summed E-state index contributed by atoms with van der Waals surface area (Å²) in [6, 6.07) is 5.96. The first kappa shape index (κ1) is 21.4. The van der Waals surface area contributed by atoms with Gasteiger partial charge in [0.1, 0.15) is 0 Å². The van der Waals surface area contributed by atoms with Crippen molar-refractivity contribution in [2.24, 2.45) is 5.92 Å². The van der Waals surface area contributed by atoms with E-state index >= 15 is 0 Å². The molecule has 1 fully saturated rings. The molecule has 0 amide bonds. The Kier molecular flexibility index (Phi) is 6.34. The van der Waals surface area contributed by atoms with E-state index in [4.69, 9.17) is 0 Å². The number of hydrogen-bond acceptors (Lipinski definition) is 2. The summed E-state index contributed by atoms with van der Waals surface area (Å²) in [5.41, 5.74) is 0.436. The van der Waals surface area contributed by atoms with E-state index in [0.29, 0.717) is 12.0 Å². The van der Waals surface area contributed by atoms with Crippen molar-refractivity contribution in [1.29, 1.82) is 0 Å². The second-order valence-electron chi connectivity index (χ2n) is 7.38. The Labute approximate surface area is 166 Å². The van der Waals surface area contributed by atoms with E-state index < -0.39 is 40.6 Å². The third kappa shape index (κ3) is 4.49. The fraction of sp³-hybridized carbons (Fsp3) is 0.455. The zero-order valence-corrected chi connectivity index (χ0v) is 16.3. The number of methoxy groups -OCH3 is 1. The van der Waals surface area contributed by atoms with Crippen molar-refractivity contribution < 1.29 is 31.4 Å². The van der Waals surface area contributed by atoms with E-state index in [1.165, 1.54) is 12.1 Å². The fourth-order valence-electron chi connectivity index (χ4n) is 3.87. The van der Waals surface area contributed by atoms with Gasteiger partial charge in [-0.1, -0.05) is 25.5 Å². The Bertz CT molecular complexity index is 843. The molecule has 0 N–H and O–H groups in total. The Balaban J connectivity index is 1.76. The maximum Gasteiger partial charge on any atom is 0.426 e. The molecule has 0 aliphatic heterocycles. The minimum atomic E-state index is -3.97. The van der Waals surface area contributed by atoms with Gasteiger partial charge in [0.25, 0.3) is 0 Å². The highest BCUT2D eigenvalue weighted by molar-refractivity contribution is 5.37. The molecule has 0 radical (unpaired) electrons. The minimum Gasteiger partial charge on any atom is -0.491 e. The number of halogens is 5. The SMILES string of the molecule is CCC1CCC(c2ccc(C(F)(F)Oc3cc(F)c(OC)c(F)c3F)cc2)CC1. The maximum atomic E-state index is 14.5. The topological polar surface area (TPSA) is 18.5 Å². The molecular formula is C22H23F5O2. The van der Waals surface area contributed by atoms with Crippen LogP contribution in [-0.4, -0.2) is 7.11 Å². The van der Waals surface area contributed by atoms with Crippen LogP contribution in [0, 0.1) is 23.4 Å². The molecule has 3 rings (SSSR count). The van der Waals surface area contributed by atoms with Gasteiger partial charge in [-0.2, -0.15) is 17.6 Å². The van der Waals surface area contributed by atoms with Crippen molar-refractivity contribution in [3.63, 3.8) is 0 Å². The summed E-state index contributed by atoms with van der Waals surface area (Å²) in [5, 5.41) is 0. The first-order chi connectivity index (χ1) is 13.8. The van der Waals surface area contributed by atoms with E-state index in [-0.39, 0.29) is 0 Å². The van der Waals surface area contributed by atoms with Gasteiger partial charge in [-0.15, -0.1) is 0 Å². The number of ether oxygens (including phenoxy) is 2. The summed E-state index contributed by atoms with van der Waals surface area (Å²) >= 11 is 0. The Morgan fingerprint density at radius 3 is 2.14 bits per heavy atom. The maximum absolute atomic E-state index is 14.5. The zero-order valence-electron chi connectivity index (χ0n) is 16.3. The molecule has 0 saturated heterocycles. The van der Waals surface area contributed by atoms with Crippen LogP contribution in [0.5, 0.6) is 11.5 Å². The smallest absolute Gasteiger partial charge is 0.426 e. The summed E-state index contributed by atoms with van der Waals surface area (Å²) < 4.78 is 79.1. The molecule has 158 valence electrons. The molecule has 0 aromatic heterocycles. The third-order valence-electron chi connectivity index (χ3n) is 5.67. The summed E-state index contributed by atoms with van der Waals surface area (Å²) in [5.74, 6) is -5.99. The number of rotatable bonds is 6. The Morgan fingerprint density at radius 1 is 0.966 bits per heavy atom. The number of benzene rings is 2. The van der Waals surface area contributed by atoms with Crippen LogP contribution in [0.25, 0.3) is 0 Å². The molecule has 0 atom stereocenters. The quantitative estimate of drug-likeness (QED) is 0.377. The molecular weight excluding hydrogens is 391 g/mol. The fourth-order valence-corrected chi connectivity index (χ4v) is 3.87. The third-order valence-corrected chi connectivity index (χ3v) is 5.67. The molecule has 0 bridgehead atoms. The summed E-state index contributed by atoms with van der Waals surface area (Å²) in [4.78, 5) is 0. The van der Waals surface area contributed by atoms with Gasteiger partial charge in [-0.05, 0) is 55.2 Å². The standard InChI is InChI=1S/C22H23F5O2/c1-3-13-4-6-14(7-5-13)15-8-10-16(11-9-15)22(26,27)29-18-12-17(23)21(28-2)20(25)19(18)24/h8-14H,3-7H2,1-2H3. The van der Waals surface area contributed by atoms with Gasteiger partial charge in [0.05, 0.1) is 12.7 Å². The highest BCUT2D eigenvalue weighted by Crippen LogP contribution is 2.39. The molecule has 2 aromatic rings. The first-order valence-electron chi connectivity index (χ1n) is 9.65. The van der Waals surface area contributed by atoms with E-state index in [9.17, 15) is 22.0 Å². The minimum absolute atomic E-state index is 0.323.